The molecular weight excluding hydrogens is 256 g/mol. The van der Waals surface area contributed by atoms with Gasteiger partial charge >= 0.3 is 0 Å². The number of nitrogens with zero attached hydrogens (tertiary/aromatic N) is 1. The second-order valence-electron chi connectivity index (χ2n) is 5.20. The van der Waals surface area contributed by atoms with Gasteiger partial charge in [0.15, 0.2) is 0 Å². The molecule has 0 atom stereocenters. The second-order valence-corrected chi connectivity index (χ2v) is 5.20. The summed E-state index contributed by atoms with van der Waals surface area (Å²) in [5, 5.41) is 5.67. The summed E-state index contributed by atoms with van der Waals surface area (Å²) in [5.74, 6) is 0.238. The topological polar surface area (TPSA) is 86.9 Å². The van der Waals surface area contributed by atoms with Crippen molar-refractivity contribution in [2.24, 2.45) is 5.92 Å². The quantitative estimate of drug-likeness (QED) is 0.688. The van der Waals surface area contributed by atoms with E-state index in [1.54, 1.807) is 12.5 Å². The Kier molecular flexibility index (Phi) is 5.58. The SMILES string of the molecule is O=C(CCNC(=O)C1CCCC1)NCCc1cnc[nH]1. The third kappa shape index (κ3) is 4.68. The minimum atomic E-state index is -0.0313. The molecule has 1 saturated carbocycles. The van der Waals surface area contributed by atoms with Crippen LogP contribution in [0, 0.1) is 5.92 Å². The van der Waals surface area contributed by atoms with Gasteiger partial charge in [-0.25, -0.2) is 4.98 Å². The first-order chi connectivity index (χ1) is 9.75. The standard InChI is InChI=1S/C14H22N4O2/c19-13(16-7-5-12-9-15-10-18-12)6-8-17-14(20)11-3-1-2-4-11/h9-11H,1-8H2,(H,15,18)(H,16,19)(H,17,20). The monoisotopic (exact) mass is 278 g/mol. The molecule has 1 heterocycles. The normalized spacial score (nSPS) is 15.2. The fourth-order valence-electron chi connectivity index (χ4n) is 2.48. The summed E-state index contributed by atoms with van der Waals surface area (Å²) in [5.41, 5.74) is 1.000. The zero-order chi connectivity index (χ0) is 14.2. The molecule has 1 aliphatic carbocycles. The van der Waals surface area contributed by atoms with Crippen LogP contribution in [-0.4, -0.2) is 34.9 Å². The number of amides is 2. The highest BCUT2D eigenvalue weighted by molar-refractivity contribution is 5.80. The first-order valence-electron chi connectivity index (χ1n) is 7.27. The van der Waals surface area contributed by atoms with E-state index in [1.165, 1.54) is 0 Å². The molecule has 0 unspecified atom stereocenters. The summed E-state index contributed by atoms with van der Waals surface area (Å²) in [4.78, 5) is 30.2. The Balaban J connectivity index is 1.52. The Morgan fingerprint density at radius 2 is 2.05 bits per heavy atom. The van der Waals surface area contributed by atoms with E-state index in [0.29, 0.717) is 19.5 Å². The molecule has 2 rings (SSSR count). The van der Waals surface area contributed by atoms with Crippen LogP contribution in [-0.2, 0) is 16.0 Å². The lowest BCUT2D eigenvalue weighted by atomic mass is 10.1. The van der Waals surface area contributed by atoms with Gasteiger partial charge in [-0.3, -0.25) is 9.59 Å². The van der Waals surface area contributed by atoms with Crippen LogP contribution in [0.15, 0.2) is 12.5 Å². The average Bonchev–Trinajstić information content (AvgIpc) is 3.12. The number of aromatic nitrogens is 2. The maximum atomic E-state index is 11.7. The van der Waals surface area contributed by atoms with Crippen molar-refractivity contribution >= 4 is 11.8 Å². The Hall–Kier alpha value is -1.85. The van der Waals surface area contributed by atoms with Crippen LogP contribution in [0.3, 0.4) is 0 Å². The number of aromatic amines is 1. The number of hydrogen-bond donors (Lipinski definition) is 3. The summed E-state index contributed by atoms with van der Waals surface area (Å²) in [6.07, 6.45) is 8.70. The predicted octanol–water partition coefficient (Wildman–Crippen LogP) is 0.765. The van der Waals surface area contributed by atoms with Crippen LogP contribution < -0.4 is 10.6 Å². The number of nitrogens with one attached hydrogen (secondary N) is 3. The number of imidazole rings is 1. The molecule has 1 fully saturated rings. The predicted molar refractivity (Wildman–Crippen MR) is 74.9 cm³/mol. The molecule has 1 aromatic rings. The largest absolute Gasteiger partial charge is 0.356 e. The molecule has 0 aliphatic heterocycles. The third-order valence-corrected chi connectivity index (χ3v) is 3.65. The van der Waals surface area contributed by atoms with Crippen LogP contribution in [0.5, 0.6) is 0 Å². The lowest BCUT2D eigenvalue weighted by Crippen LogP contribution is -2.34. The average molecular weight is 278 g/mol. The number of H-pyrrole nitrogens is 1. The van der Waals surface area contributed by atoms with E-state index in [4.69, 9.17) is 0 Å². The minimum Gasteiger partial charge on any atom is -0.356 e. The summed E-state index contributed by atoms with van der Waals surface area (Å²) >= 11 is 0. The van der Waals surface area contributed by atoms with Crippen LogP contribution in [0.2, 0.25) is 0 Å². The van der Waals surface area contributed by atoms with Crippen molar-refractivity contribution in [3.05, 3.63) is 18.2 Å². The van der Waals surface area contributed by atoms with Crippen molar-refractivity contribution in [3.63, 3.8) is 0 Å². The van der Waals surface area contributed by atoms with Gasteiger partial charge in [0.2, 0.25) is 11.8 Å². The first kappa shape index (κ1) is 14.6. The van der Waals surface area contributed by atoms with E-state index in [1.807, 2.05) is 0 Å². The molecule has 0 saturated heterocycles. The number of rotatable bonds is 7. The molecule has 6 heteroatoms. The van der Waals surface area contributed by atoms with E-state index < -0.39 is 0 Å². The smallest absolute Gasteiger partial charge is 0.223 e. The second kappa shape index (κ2) is 7.67. The number of carbonyl (C=O) groups excluding carboxylic acids is 2. The molecule has 2 amide bonds. The van der Waals surface area contributed by atoms with Crippen molar-refractivity contribution in [2.75, 3.05) is 13.1 Å². The summed E-state index contributed by atoms with van der Waals surface area (Å²) in [7, 11) is 0. The van der Waals surface area contributed by atoms with E-state index in [2.05, 4.69) is 20.6 Å². The third-order valence-electron chi connectivity index (χ3n) is 3.65. The molecule has 1 aromatic heterocycles. The van der Waals surface area contributed by atoms with Gasteiger partial charge in [0, 0.05) is 43.7 Å². The fraction of sp³-hybridized carbons (Fsp3) is 0.643. The maximum Gasteiger partial charge on any atom is 0.223 e. The molecule has 0 bridgehead atoms. The zero-order valence-corrected chi connectivity index (χ0v) is 11.7. The van der Waals surface area contributed by atoms with Gasteiger partial charge in [-0.1, -0.05) is 12.8 Å². The molecule has 0 aromatic carbocycles. The Morgan fingerprint density at radius 3 is 2.75 bits per heavy atom. The van der Waals surface area contributed by atoms with Gasteiger partial charge < -0.3 is 15.6 Å². The Bertz CT molecular complexity index is 424. The number of carbonyl (C=O) groups is 2. The maximum absolute atomic E-state index is 11.7. The molecule has 6 nitrogen and oxygen atoms in total. The van der Waals surface area contributed by atoms with Crippen molar-refractivity contribution in [2.45, 2.75) is 38.5 Å². The Labute approximate surface area is 118 Å². The minimum absolute atomic E-state index is 0.0313. The van der Waals surface area contributed by atoms with Crippen molar-refractivity contribution in [1.82, 2.24) is 20.6 Å². The van der Waals surface area contributed by atoms with Gasteiger partial charge in [0.1, 0.15) is 0 Å². The van der Waals surface area contributed by atoms with Crippen LogP contribution >= 0.6 is 0 Å². The molecule has 0 radical (unpaired) electrons. The highest BCUT2D eigenvalue weighted by Gasteiger charge is 2.22. The molecular formula is C14H22N4O2. The van der Waals surface area contributed by atoms with E-state index in [0.717, 1.165) is 37.8 Å². The summed E-state index contributed by atoms with van der Waals surface area (Å²) in [6, 6.07) is 0. The molecule has 0 spiro atoms. The van der Waals surface area contributed by atoms with Crippen molar-refractivity contribution in [1.29, 1.82) is 0 Å². The lowest BCUT2D eigenvalue weighted by molar-refractivity contribution is -0.125. The summed E-state index contributed by atoms with van der Waals surface area (Å²) < 4.78 is 0. The van der Waals surface area contributed by atoms with Gasteiger partial charge in [-0.05, 0) is 12.8 Å². The van der Waals surface area contributed by atoms with Gasteiger partial charge in [0.05, 0.1) is 6.33 Å². The van der Waals surface area contributed by atoms with Gasteiger partial charge in [-0.15, -0.1) is 0 Å². The summed E-state index contributed by atoms with van der Waals surface area (Å²) in [6.45, 7) is 1.00. The lowest BCUT2D eigenvalue weighted by Gasteiger charge is -2.10. The van der Waals surface area contributed by atoms with Crippen molar-refractivity contribution in [3.8, 4) is 0 Å². The molecule has 20 heavy (non-hydrogen) atoms. The van der Waals surface area contributed by atoms with Gasteiger partial charge in [0.25, 0.3) is 0 Å². The Morgan fingerprint density at radius 1 is 1.25 bits per heavy atom. The highest BCUT2D eigenvalue weighted by Crippen LogP contribution is 2.24. The van der Waals surface area contributed by atoms with E-state index in [-0.39, 0.29) is 17.7 Å². The van der Waals surface area contributed by atoms with Crippen molar-refractivity contribution < 1.29 is 9.59 Å². The fourth-order valence-corrected chi connectivity index (χ4v) is 2.48. The van der Waals surface area contributed by atoms with Gasteiger partial charge in [-0.2, -0.15) is 0 Å². The molecule has 110 valence electrons. The van der Waals surface area contributed by atoms with Crippen LogP contribution in [0.1, 0.15) is 37.8 Å². The van der Waals surface area contributed by atoms with Crippen LogP contribution in [0.4, 0.5) is 0 Å². The molecule has 1 aliphatic rings. The van der Waals surface area contributed by atoms with E-state index in [9.17, 15) is 9.59 Å². The zero-order valence-electron chi connectivity index (χ0n) is 11.7. The first-order valence-corrected chi connectivity index (χ1v) is 7.27. The van der Waals surface area contributed by atoms with Crippen LogP contribution in [0.25, 0.3) is 0 Å². The molecule has 3 N–H and O–H groups in total. The van der Waals surface area contributed by atoms with E-state index >= 15 is 0 Å². The highest BCUT2D eigenvalue weighted by atomic mass is 16.2. The number of hydrogen-bond acceptors (Lipinski definition) is 3.